The van der Waals surface area contributed by atoms with Crippen LogP contribution in [0.25, 0.3) is 0 Å². The van der Waals surface area contributed by atoms with Gasteiger partial charge in [-0.1, -0.05) is 0 Å². The van der Waals surface area contributed by atoms with Crippen molar-refractivity contribution in [3.8, 4) is 0 Å². The molecule has 1 aromatic carbocycles. The van der Waals surface area contributed by atoms with Gasteiger partial charge in [-0.3, -0.25) is 4.79 Å². The number of benzene rings is 1. The molecule has 1 heterocycles. The molecule has 1 amide bonds. The summed E-state index contributed by atoms with van der Waals surface area (Å²) in [4.78, 5) is 12.5. The maximum absolute atomic E-state index is 12.0. The lowest BCUT2D eigenvalue weighted by Gasteiger charge is -2.08. The van der Waals surface area contributed by atoms with Gasteiger partial charge in [0.05, 0.1) is 10.6 Å². The molecular formula is C11H8Br2N2O3S2. The highest BCUT2D eigenvalue weighted by molar-refractivity contribution is 9.11. The van der Waals surface area contributed by atoms with Crippen molar-refractivity contribution in [2.75, 3.05) is 5.32 Å². The zero-order chi connectivity index (χ0) is 14.9. The molecule has 0 aliphatic rings. The molecule has 0 saturated heterocycles. The van der Waals surface area contributed by atoms with Gasteiger partial charge in [-0.05, 0) is 61.5 Å². The van der Waals surface area contributed by atoms with Crippen molar-refractivity contribution in [3.05, 3.63) is 43.5 Å². The Labute approximate surface area is 136 Å². The van der Waals surface area contributed by atoms with E-state index in [1.807, 2.05) is 0 Å². The van der Waals surface area contributed by atoms with Crippen LogP contribution in [0.1, 0.15) is 9.67 Å². The van der Waals surface area contributed by atoms with Crippen molar-refractivity contribution in [1.82, 2.24) is 0 Å². The van der Waals surface area contributed by atoms with E-state index in [2.05, 4.69) is 37.2 Å². The van der Waals surface area contributed by atoms with Crippen LogP contribution in [-0.2, 0) is 10.0 Å². The number of amides is 1. The fraction of sp³-hybridized carbons (Fsp3) is 0. The van der Waals surface area contributed by atoms with Crippen molar-refractivity contribution in [2.45, 2.75) is 4.90 Å². The zero-order valence-electron chi connectivity index (χ0n) is 9.76. The number of carbonyl (C=O) groups is 1. The Morgan fingerprint density at radius 2 is 1.90 bits per heavy atom. The van der Waals surface area contributed by atoms with Crippen molar-refractivity contribution in [1.29, 1.82) is 0 Å². The minimum atomic E-state index is -3.77. The van der Waals surface area contributed by atoms with Crippen molar-refractivity contribution < 1.29 is 13.2 Å². The van der Waals surface area contributed by atoms with E-state index in [1.165, 1.54) is 29.5 Å². The van der Waals surface area contributed by atoms with Crippen molar-refractivity contribution in [2.24, 2.45) is 5.14 Å². The van der Waals surface area contributed by atoms with Gasteiger partial charge in [-0.15, -0.1) is 11.3 Å². The van der Waals surface area contributed by atoms with Gasteiger partial charge < -0.3 is 5.32 Å². The summed E-state index contributed by atoms with van der Waals surface area (Å²) in [6, 6.07) is 5.93. The van der Waals surface area contributed by atoms with E-state index in [4.69, 9.17) is 5.14 Å². The molecule has 20 heavy (non-hydrogen) atoms. The summed E-state index contributed by atoms with van der Waals surface area (Å²) < 4.78 is 23.6. The van der Waals surface area contributed by atoms with Gasteiger partial charge in [0.1, 0.15) is 4.88 Å². The number of primary sulfonamides is 1. The molecule has 5 nitrogen and oxygen atoms in total. The molecule has 0 bridgehead atoms. The van der Waals surface area contributed by atoms with Crippen LogP contribution in [0.3, 0.4) is 0 Å². The minimum absolute atomic E-state index is 0.0281. The first-order chi connectivity index (χ1) is 9.29. The lowest BCUT2D eigenvalue weighted by Crippen LogP contribution is -2.14. The average Bonchev–Trinajstić information content (AvgIpc) is 2.76. The Morgan fingerprint density at radius 1 is 1.20 bits per heavy atom. The van der Waals surface area contributed by atoms with Crippen LogP contribution in [-0.4, -0.2) is 14.3 Å². The SMILES string of the molecule is NS(=O)(=O)c1ccc(NC(=O)c2sccc2Br)c(Br)c1. The summed E-state index contributed by atoms with van der Waals surface area (Å²) in [7, 11) is -3.77. The Kier molecular flexibility index (Phi) is 4.65. The summed E-state index contributed by atoms with van der Waals surface area (Å²) in [5.41, 5.74) is 0.461. The maximum atomic E-state index is 12.0. The number of sulfonamides is 1. The van der Waals surface area contributed by atoms with Crippen molar-refractivity contribution in [3.63, 3.8) is 0 Å². The van der Waals surface area contributed by atoms with Crippen LogP contribution in [0.2, 0.25) is 0 Å². The number of hydrogen-bond donors (Lipinski definition) is 2. The number of thiophene rings is 1. The molecule has 2 rings (SSSR count). The molecule has 0 aliphatic carbocycles. The average molecular weight is 440 g/mol. The summed E-state index contributed by atoms with van der Waals surface area (Å²) >= 11 is 7.79. The first kappa shape index (κ1) is 15.6. The second kappa shape index (κ2) is 5.94. The van der Waals surface area contributed by atoms with Crippen LogP contribution in [0.5, 0.6) is 0 Å². The van der Waals surface area contributed by atoms with Crippen LogP contribution in [0, 0.1) is 0 Å². The third-order valence-corrected chi connectivity index (χ3v) is 5.74. The van der Waals surface area contributed by atoms with Crippen LogP contribution < -0.4 is 10.5 Å². The normalized spacial score (nSPS) is 11.3. The lowest BCUT2D eigenvalue weighted by atomic mass is 10.3. The van der Waals surface area contributed by atoms with E-state index in [0.717, 1.165) is 0 Å². The molecule has 0 spiro atoms. The van der Waals surface area contributed by atoms with Gasteiger partial charge in [0.15, 0.2) is 0 Å². The highest BCUT2D eigenvalue weighted by atomic mass is 79.9. The summed E-state index contributed by atoms with van der Waals surface area (Å²) in [5, 5.41) is 9.51. The number of nitrogens with two attached hydrogens (primary N) is 1. The third kappa shape index (κ3) is 3.47. The molecule has 106 valence electrons. The predicted molar refractivity (Wildman–Crippen MR) is 85.5 cm³/mol. The minimum Gasteiger partial charge on any atom is -0.320 e. The number of carbonyl (C=O) groups excluding carboxylic acids is 1. The molecule has 0 atom stereocenters. The predicted octanol–water partition coefficient (Wildman–Crippen LogP) is 3.17. The zero-order valence-corrected chi connectivity index (χ0v) is 14.6. The van der Waals surface area contributed by atoms with Gasteiger partial charge in [-0.25, -0.2) is 13.6 Å². The molecule has 0 saturated carbocycles. The second-order valence-electron chi connectivity index (χ2n) is 3.74. The van der Waals surface area contributed by atoms with Crippen LogP contribution >= 0.6 is 43.2 Å². The van der Waals surface area contributed by atoms with Gasteiger partial charge in [0.25, 0.3) is 5.91 Å². The molecule has 0 fully saturated rings. The van der Waals surface area contributed by atoms with E-state index in [1.54, 1.807) is 11.4 Å². The smallest absolute Gasteiger partial charge is 0.266 e. The summed E-state index contributed by atoms with van der Waals surface area (Å²) in [6.07, 6.45) is 0. The summed E-state index contributed by atoms with van der Waals surface area (Å²) in [6.45, 7) is 0. The monoisotopic (exact) mass is 438 g/mol. The van der Waals surface area contributed by atoms with E-state index in [0.29, 0.717) is 19.5 Å². The van der Waals surface area contributed by atoms with E-state index < -0.39 is 10.0 Å². The fourth-order valence-electron chi connectivity index (χ4n) is 1.41. The van der Waals surface area contributed by atoms with Gasteiger partial charge in [-0.2, -0.15) is 0 Å². The number of halogens is 2. The second-order valence-corrected chi connectivity index (χ2v) is 7.92. The van der Waals surface area contributed by atoms with Gasteiger partial charge in [0.2, 0.25) is 10.0 Å². The highest BCUT2D eigenvalue weighted by Gasteiger charge is 2.15. The van der Waals surface area contributed by atoms with E-state index in [9.17, 15) is 13.2 Å². The Bertz CT molecular complexity index is 772. The first-order valence-electron chi connectivity index (χ1n) is 5.16. The first-order valence-corrected chi connectivity index (χ1v) is 9.17. The third-order valence-electron chi connectivity index (χ3n) is 2.34. The largest absolute Gasteiger partial charge is 0.320 e. The van der Waals surface area contributed by atoms with E-state index in [-0.39, 0.29) is 10.8 Å². The number of anilines is 1. The Hall–Kier alpha value is -0.740. The van der Waals surface area contributed by atoms with Crippen LogP contribution in [0.15, 0.2) is 43.5 Å². The standard InChI is InChI=1S/C11H8Br2N2O3S2/c12-7-3-4-19-10(7)11(16)15-9-2-1-6(5-8(9)13)20(14,17)18/h1-5H,(H,15,16)(H2,14,17,18). The Balaban J connectivity index is 2.27. The molecule has 9 heteroatoms. The van der Waals surface area contributed by atoms with Gasteiger partial charge >= 0.3 is 0 Å². The lowest BCUT2D eigenvalue weighted by molar-refractivity contribution is 0.103. The molecular weight excluding hydrogens is 432 g/mol. The molecule has 0 unspecified atom stereocenters. The summed E-state index contributed by atoms with van der Waals surface area (Å²) in [5.74, 6) is -0.282. The van der Waals surface area contributed by atoms with Crippen molar-refractivity contribution >= 4 is 64.8 Å². The van der Waals surface area contributed by atoms with E-state index >= 15 is 0 Å². The molecule has 1 aromatic heterocycles. The Morgan fingerprint density at radius 3 is 2.40 bits per heavy atom. The molecule has 3 N–H and O–H groups in total. The quantitative estimate of drug-likeness (QED) is 0.769. The van der Waals surface area contributed by atoms with Crippen LogP contribution in [0.4, 0.5) is 5.69 Å². The number of rotatable bonds is 3. The fourth-order valence-corrected chi connectivity index (χ4v) is 4.02. The molecule has 2 aromatic rings. The highest BCUT2D eigenvalue weighted by Crippen LogP contribution is 2.28. The van der Waals surface area contributed by atoms with Gasteiger partial charge in [0, 0.05) is 8.95 Å². The number of hydrogen-bond acceptors (Lipinski definition) is 4. The topological polar surface area (TPSA) is 89.3 Å². The maximum Gasteiger partial charge on any atom is 0.266 e. The number of nitrogens with one attached hydrogen (secondary N) is 1. The molecule has 0 radical (unpaired) electrons. The molecule has 0 aliphatic heterocycles.